The largest absolute Gasteiger partial charge is 0.251 e. The summed E-state index contributed by atoms with van der Waals surface area (Å²) >= 11 is 1.71. The van der Waals surface area contributed by atoms with Crippen LogP contribution in [0.15, 0.2) is 28.9 Å². The van der Waals surface area contributed by atoms with Crippen LogP contribution in [0.5, 0.6) is 0 Å². The van der Waals surface area contributed by atoms with E-state index >= 15 is 0 Å². The second-order valence-corrected chi connectivity index (χ2v) is 3.81. The van der Waals surface area contributed by atoms with Crippen LogP contribution in [0.2, 0.25) is 0 Å². The monoisotopic (exact) mass is 211 g/mol. The normalized spacial score (nSPS) is 16.6. The molecule has 0 fully saturated rings. The minimum absolute atomic E-state index is 1.12. The van der Waals surface area contributed by atoms with Crippen LogP contribution in [0.3, 0.4) is 0 Å². The molecule has 0 spiro atoms. The molecule has 1 aliphatic rings. The summed E-state index contributed by atoms with van der Waals surface area (Å²) in [5.41, 5.74) is 1.22. The molecule has 1 nitrogen and oxygen atoms in total. The van der Waals surface area contributed by atoms with Crippen molar-refractivity contribution in [3.8, 4) is 0 Å². The van der Waals surface area contributed by atoms with Gasteiger partial charge in [0.25, 0.3) is 0 Å². The molecule has 0 amide bonds. The van der Waals surface area contributed by atoms with Crippen molar-refractivity contribution in [2.45, 2.75) is 40.0 Å². The molecule has 0 radical (unpaired) electrons. The third-order valence-corrected chi connectivity index (χ3v) is 2.51. The number of rotatable bonds is 1. The first-order valence-electron chi connectivity index (χ1n) is 5.28. The van der Waals surface area contributed by atoms with Crippen molar-refractivity contribution >= 4 is 16.8 Å². The van der Waals surface area contributed by atoms with Crippen LogP contribution in [-0.4, -0.2) is 11.3 Å². The molecule has 80 valence electrons. The zero-order valence-electron chi connectivity index (χ0n) is 9.71. The van der Waals surface area contributed by atoms with Crippen LogP contribution >= 0.6 is 11.8 Å². The molecular weight excluding hydrogens is 190 g/mol. The highest BCUT2D eigenvalue weighted by Gasteiger charge is 1.97. The van der Waals surface area contributed by atoms with Crippen LogP contribution in [0.25, 0.3) is 0 Å². The Morgan fingerprint density at radius 2 is 2.14 bits per heavy atom. The molecule has 0 aromatic carbocycles. The van der Waals surface area contributed by atoms with Gasteiger partial charge in [-0.3, -0.25) is 4.99 Å². The van der Waals surface area contributed by atoms with Gasteiger partial charge in [0.05, 0.1) is 5.04 Å². The lowest BCUT2D eigenvalue weighted by Gasteiger charge is -1.99. The van der Waals surface area contributed by atoms with Gasteiger partial charge in [-0.05, 0) is 38.5 Å². The van der Waals surface area contributed by atoms with E-state index in [1.165, 1.54) is 18.5 Å². The fourth-order valence-electron chi connectivity index (χ4n) is 1.10. The Labute approximate surface area is 92.4 Å². The van der Waals surface area contributed by atoms with Crippen molar-refractivity contribution in [3.05, 3.63) is 23.9 Å². The minimum Gasteiger partial charge on any atom is -0.251 e. The van der Waals surface area contributed by atoms with E-state index in [0.717, 1.165) is 11.5 Å². The third-order valence-electron chi connectivity index (χ3n) is 1.82. The lowest BCUT2D eigenvalue weighted by molar-refractivity contribution is 0.834. The Balaban J connectivity index is 0.000000791. The van der Waals surface area contributed by atoms with Crippen LogP contribution in [0.1, 0.15) is 40.0 Å². The van der Waals surface area contributed by atoms with Gasteiger partial charge in [0.15, 0.2) is 0 Å². The number of hydrogen-bond acceptors (Lipinski definition) is 2. The van der Waals surface area contributed by atoms with Gasteiger partial charge in [-0.2, -0.15) is 0 Å². The summed E-state index contributed by atoms with van der Waals surface area (Å²) in [5.74, 6) is 0. The number of allylic oxidation sites excluding steroid dienone is 4. The highest BCUT2D eigenvalue weighted by molar-refractivity contribution is 8.13. The maximum Gasteiger partial charge on any atom is 0.0700 e. The molecule has 14 heavy (non-hydrogen) atoms. The van der Waals surface area contributed by atoms with Gasteiger partial charge in [-0.15, -0.1) is 11.8 Å². The zero-order valence-corrected chi connectivity index (χ0v) is 10.5. The lowest BCUT2D eigenvalue weighted by Crippen LogP contribution is -1.85. The van der Waals surface area contributed by atoms with E-state index in [2.05, 4.69) is 36.4 Å². The first-order chi connectivity index (χ1) is 6.83. The number of aliphatic imine (C=N–C) groups is 1. The molecule has 0 saturated heterocycles. The molecule has 1 rings (SSSR count). The Morgan fingerprint density at radius 3 is 2.79 bits per heavy atom. The summed E-state index contributed by atoms with van der Waals surface area (Å²) in [7, 11) is 0. The quantitative estimate of drug-likeness (QED) is 0.462. The number of hydrogen-bond donors (Lipinski definition) is 0. The standard InChI is InChI=1S/C10H15NS.C2H6/c1-9(12-2)11-10-7-5-3-4-6-8-10;1-2/h3,5,7H,4,6,8H2,1-2H3;1-2H3. The predicted molar refractivity (Wildman–Crippen MR) is 69.0 cm³/mol. The molecular formula is C12H21NS. The van der Waals surface area contributed by atoms with Crippen LogP contribution in [0, 0.1) is 0 Å². The Bertz CT molecular complexity index is 224. The van der Waals surface area contributed by atoms with Gasteiger partial charge in [-0.1, -0.05) is 26.0 Å². The van der Waals surface area contributed by atoms with Crippen molar-refractivity contribution in [2.24, 2.45) is 4.99 Å². The van der Waals surface area contributed by atoms with Gasteiger partial charge in [0.2, 0.25) is 0 Å². The van der Waals surface area contributed by atoms with E-state index in [1.54, 1.807) is 11.8 Å². The topological polar surface area (TPSA) is 12.4 Å². The zero-order chi connectivity index (χ0) is 10.8. The van der Waals surface area contributed by atoms with Gasteiger partial charge in [-0.25, -0.2) is 0 Å². The fraction of sp³-hybridized carbons (Fsp3) is 0.583. The van der Waals surface area contributed by atoms with Gasteiger partial charge in [0.1, 0.15) is 0 Å². The van der Waals surface area contributed by atoms with Crippen LogP contribution in [0.4, 0.5) is 0 Å². The van der Waals surface area contributed by atoms with E-state index < -0.39 is 0 Å². The van der Waals surface area contributed by atoms with E-state index in [9.17, 15) is 0 Å². The highest BCUT2D eigenvalue weighted by atomic mass is 32.2. The molecule has 2 heteroatoms. The molecule has 0 bridgehead atoms. The van der Waals surface area contributed by atoms with E-state index in [4.69, 9.17) is 0 Å². The third kappa shape index (κ3) is 6.03. The molecule has 0 saturated carbocycles. The molecule has 1 aliphatic carbocycles. The molecule has 0 aromatic heterocycles. The van der Waals surface area contributed by atoms with Gasteiger partial charge in [0, 0.05) is 5.70 Å². The molecule has 0 atom stereocenters. The van der Waals surface area contributed by atoms with Crippen molar-refractivity contribution in [1.82, 2.24) is 0 Å². The van der Waals surface area contributed by atoms with Crippen molar-refractivity contribution in [1.29, 1.82) is 0 Å². The molecule has 0 unspecified atom stereocenters. The first-order valence-corrected chi connectivity index (χ1v) is 6.50. The first kappa shape index (κ1) is 13.5. The Hall–Kier alpha value is -0.500. The van der Waals surface area contributed by atoms with E-state index in [1.807, 2.05) is 13.8 Å². The smallest absolute Gasteiger partial charge is 0.0700 e. The summed E-state index contributed by atoms with van der Waals surface area (Å²) < 4.78 is 0. The molecule has 0 N–H and O–H groups in total. The summed E-state index contributed by atoms with van der Waals surface area (Å²) in [5, 5.41) is 1.15. The van der Waals surface area contributed by atoms with E-state index in [-0.39, 0.29) is 0 Å². The van der Waals surface area contributed by atoms with E-state index in [0.29, 0.717) is 0 Å². The summed E-state index contributed by atoms with van der Waals surface area (Å²) in [4.78, 5) is 4.50. The average Bonchev–Trinajstić information content (AvgIpc) is 2.49. The summed E-state index contributed by atoms with van der Waals surface area (Å²) in [6.07, 6.45) is 12.0. The van der Waals surface area contributed by atoms with Gasteiger partial charge >= 0.3 is 0 Å². The SMILES string of the molecule is CC.CSC(C)=NC1=CC=CCCC1. The second kappa shape index (κ2) is 9.07. The van der Waals surface area contributed by atoms with Gasteiger partial charge < -0.3 is 0 Å². The minimum atomic E-state index is 1.12. The fourth-order valence-corrected chi connectivity index (χ4v) is 1.31. The summed E-state index contributed by atoms with van der Waals surface area (Å²) in [6, 6.07) is 0. The predicted octanol–water partition coefficient (Wildman–Crippen LogP) is 4.42. The van der Waals surface area contributed by atoms with Crippen molar-refractivity contribution < 1.29 is 0 Å². The van der Waals surface area contributed by atoms with Crippen molar-refractivity contribution in [2.75, 3.05) is 6.26 Å². The molecule has 0 heterocycles. The Kier molecular flexibility index (Phi) is 8.75. The average molecular weight is 211 g/mol. The lowest BCUT2D eigenvalue weighted by atomic mass is 10.2. The van der Waals surface area contributed by atoms with Crippen LogP contribution < -0.4 is 0 Å². The number of nitrogens with zero attached hydrogens (tertiary/aromatic N) is 1. The highest BCUT2D eigenvalue weighted by Crippen LogP contribution is 2.15. The second-order valence-electron chi connectivity index (χ2n) is 2.81. The maximum absolute atomic E-state index is 4.50. The summed E-state index contributed by atoms with van der Waals surface area (Å²) in [6.45, 7) is 6.06. The van der Waals surface area contributed by atoms with Crippen molar-refractivity contribution in [3.63, 3.8) is 0 Å². The molecule has 0 aliphatic heterocycles. The maximum atomic E-state index is 4.50. The molecule has 0 aromatic rings. The Morgan fingerprint density at radius 1 is 1.43 bits per heavy atom. The van der Waals surface area contributed by atoms with Crippen LogP contribution in [-0.2, 0) is 0 Å². The number of thioether (sulfide) groups is 1.